The second-order valence-electron chi connectivity index (χ2n) is 4.46. The van der Waals surface area contributed by atoms with E-state index in [0.29, 0.717) is 5.82 Å². The fourth-order valence-electron chi connectivity index (χ4n) is 2.24. The highest BCUT2D eigenvalue weighted by atomic mass is 16.5. The van der Waals surface area contributed by atoms with E-state index in [4.69, 9.17) is 10.5 Å². The number of anilines is 1. The molecule has 0 aliphatic heterocycles. The molecule has 19 heavy (non-hydrogen) atoms. The summed E-state index contributed by atoms with van der Waals surface area (Å²) in [6.45, 7) is 2.03. The summed E-state index contributed by atoms with van der Waals surface area (Å²) in [5.74, 6) is 1.49. The van der Waals surface area contributed by atoms with Crippen molar-refractivity contribution < 1.29 is 4.74 Å². The summed E-state index contributed by atoms with van der Waals surface area (Å²) in [7, 11) is 1.66. The Hall–Kier alpha value is -2.49. The maximum Gasteiger partial charge on any atom is 0.139 e. The molecule has 0 bridgehead atoms. The van der Waals surface area contributed by atoms with E-state index in [1.54, 1.807) is 7.11 Å². The van der Waals surface area contributed by atoms with Gasteiger partial charge >= 0.3 is 0 Å². The van der Waals surface area contributed by atoms with Crippen molar-refractivity contribution in [3.05, 3.63) is 48.2 Å². The Kier molecular flexibility index (Phi) is 2.63. The van der Waals surface area contributed by atoms with Gasteiger partial charge in [-0.2, -0.15) is 0 Å². The van der Waals surface area contributed by atoms with Crippen LogP contribution in [0.3, 0.4) is 0 Å². The zero-order chi connectivity index (χ0) is 13.4. The van der Waals surface area contributed by atoms with Gasteiger partial charge in [-0.25, -0.2) is 4.98 Å². The highest BCUT2D eigenvalue weighted by molar-refractivity contribution is 5.77. The summed E-state index contributed by atoms with van der Waals surface area (Å²) < 4.78 is 7.11. The summed E-state index contributed by atoms with van der Waals surface area (Å²) in [6.07, 6.45) is 1.92. The van der Waals surface area contributed by atoms with E-state index < -0.39 is 0 Å². The Morgan fingerprint density at radius 1 is 1.21 bits per heavy atom. The molecule has 0 aliphatic carbocycles. The molecule has 0 aliphatic rings. The lowest BCUT2D eigenvalue weighted by atomic mass is 10.1. The zero-order valence-corrected chi connectivity index (χ0v) is 10.9. The Morgan fingerprint density at radius 3 is 2.74 bits per heavy atom. The van der Waals surface area contributed by atoms with E-state index >= 15 is 0 Å². The van der Waals surface area contributed by atoms with E-state index in [2.05, 4.69) is 4.98 Å². The summed E-state index contributed by atoms with van der Waals surface area (Å²) in [4.78, 5) is 4.60. The van der Waals surface area contributed by atoms with Gasteiger partial charge in [0.05, 0.1) is 7.11 Å². The number of aryl methyl sites for hydroxylation is 1. The van der Waals surface area contributed by atoms with E-state index in [9.17, 15) is 0 Å². The van der Waals surface area contributed by atoms with Gasteiger partial charge in [-0.1, -0.05) is 6.07 Å². The summed E-state index contributed by atoms with van der Waals surface area (Å²) in [5.41, 5.74) is 9.96. The molecule has 0 fully saturated rings. The van der Waals surface area contributed by atoms with Crippen molar-refractivity contribution in [1.29, 1.82) is 0 Å². The Balaban J connectivity index is 2.21. The van der Waals surface area contributed by atoms with Crippen LogP contribution in [0, 0.1) is 6.92 Å². The number of benzene rings is 1. The molecule has 2 N–H and O–H groups in total. The van der Waals surface area contributed by atoms with Crippen molar-refractivity contribution in [2.24, 2.45) is 0 Å². The SMILES string of the molecule is COc1ccc(-c2nc3ccccn3c2N)c(C)c1. The maximum absolute atomic E-state index is 6.18. The number of imidazole rings is 1. The van der Waals surface area contributed by atoms with Gasteiger partial charge in [-0.05, 0) is 42.8 Å². The van der Waals surface area contributed by atoms with Crippen molar-refractivity contribution in [3.63, 3.8) is 0 Å². The zero-order valence-electron chi connectivity index (χ0n) is 10.9. The van der Waals surface area contributed by atoms with Crippen LogP contribution in [0.4, 0.5) is 5.82 Å². The smallest absolute Gasteiger partial charge is 0.139 e. The van der Waals surface area contributed by atoms with Crippen molar-refractivity contribution in [2.45, 2.75) is 6.92 Å². The van der Waals surface area contributed by atoms with Gasteiger partial charge in [0, 0.05) is 11.8 Å². The second kappa shape index (κ2) is 4.31. The quantitative estimate of drug-likeness (QED) is 0.764. The van der Waals surface area contributed by atoms with E-state index in [1.807, 2.05) is 53.9 Å². The molecule has 0 radical (unpaired) electrons. The van der Waals surface area contributed by atoms with Crippen LogP contribution >= 0.6 is 0 Å². The number of hydrogen-bond donors (Lipinski definition) is 1. The molecule has 4 heteroatoms. The third-order valence-electron chi connectivity index (χ3n) is 3.26. The fourth-order valence-corrected chi connectivity index (χ4v) is 2.24. The van der Waals surface area contributed by atoms with Crippen LogP contribution in [-0.2, 0) is 0 Å². The number of nitrogens with zero attached hydrogens (tertiary/aromatic N) is 2. The number of hydrogen-bond acceptors (Lipinski definition) is 3. The predicted molar refractivity (Wildman–Crippen MR) is 76.3 cm³/mol. The van der Waals surface area contributed by atoms with Crippen LogP contribution in [0.1, 0.15) is 5.56 Å². The third kappa shape index (κ3) is 1.81. The number of fused-ring (bicyclic) bond motifs is 1. The minimum absolute atomic E-state index is 0.656. The number of rotatable bonds is 2. The van der Waals surface area contributed by atoms with Gasteiger partial charge in [-0.3, -0.25) is 4.40 Å². The standard InChI is InChI=1S/C15H15N3O/c1-10-9-11(19-2)6-7-12(10)14-15(16)18-8-4-3-5-13(18)17-14/h3-9H,16H2,1-2H3. The molecule has 4 nitrogen and oxygen atoms in total. The largest absolute Gasteiger partial charge is 0.497 e. The van der Waals surface area contributed by atoms with Crippen molar-refractivity contribution in [1.82, 2.24) is 9.38 Å². The lowest BCUT2D eigenvalue weighted by molar-refractivity contribution is 0.414. The lowest BCUT2D eigenvalue weighted by Crippen LogP contribution is -1.94. The van der Waals surface area contributed by atoms with Gasteiger partial charge in [-0.15, -0.1) is 0 Å². The van der Waals surface area contributed by atoms with Crippen molar-refractivity contribution in [3.8, 4) is 17.0 Å². The summed E-state index contributed by atoms with van der Waals surface area (Å²) in [5, 5.41) is 0. The van der Waals surface area contributed by atoms with Gasteiger partial charge in [0.2, 0.25) is 0 Å². The molecule has 2 heterocycles. The molecule has 0 unspecified atom stereocenters. The molecule has 0 atom stereocenters. The molecule has 0 spiro atoms. The van der Waals surface area contributed by atoms with Crippen LogP contribution < -0.4 is 10.5 Å². The topological polar surface area (TPSA) is 52.5 Å². The first-order valence-electron chi connectivity index (χ1n) is 6.08. The first-order chi connectivity index (χ1) is 9.20. The van der Waals surface area contributed by atoms with E-state index in [-0.39, 0.29) is 0 Å². The maximum atomic E-state index is 6.18. The Bertz CT molecular complexity index is 746. The number of pyridine rings is 1. The molecule has 0 saturated carbocycles. The summed E-state index contributed by atoms with van der Waals surface area (Å²) in [6, 6.07) is 11.7. The Labute approximate surface area is 111 Å². The monoisotopic (exact) mass is 253 g/mol. The second-order valence-corrected chi connectivity index (χ2v) is 4.46. The number of nitrogens with two attached hydrogens (primary N) is 1. The number of nitrogen functional groups attached to an aromatic ring is 1. The first kappa shape index (κ1) is 11.6. The number of methoxy groups -OCH3 is 1. The van der Waals surface area contributed by atoms with Crippen molar-refractivity contribution >= 4 is 11.5 Å². The molecule has 3 rings (SSSR count). The first-order valence-corrected chi connectivity index (χ1v) is 6.08. The molecule has 0 saturated heterocycles. The predicted octanol–water partition coefficient (Wildman–Crippen LogP) is 2.90. The van der Waals surface area contributed by atoms with Gasteiger partial charge < -0.3 is 10.5 Å². The molecular weight excluding hydrogens is 238 g/mol. The van der Waals surface area contributed by atoms with Crippen LogP contribution in [0.15, 0.2) is 42.6 Å². The number of ether oxygens (including phenoxy) is 1. The molecule has 96 valence electrons. The normalized spacial score (nSPS) is 10.8. The minimum Gasteiger partial charge on any atom is -0.497 e. The fraction of sp³-hybridized carbons (Fsp3) is 0.133. The highest BCUT2D eigenvalue weighted by Gasteiger charge is 2.13. The van der Waals surface area contributed by atoms with Crippen LogP contribution in [0.5, 0.6) is 5.75 Å². The van der Waals surface area contributed by atoms with Gasteiger partial charge in [0.15, 0.2) is 0 Å². The van der Waals surface area contributed by atoms with Crippen LogP contribution in [0.25, 0.3) is 16.9 Å². The van der Waals surface area contributed by atoms with Gasteiger partial charge in [0.1, 0.15) is 22.9 Å². The average molecular weight is 253 g/mol. The molecule has 3 aromatic rings. The van der Waals surface area contributed by atoms with Gasteiger partial charge in [0.25, 0.3) is 0 Å². The molecule has 1 aromatic carbocycles. The minimum atomic E-state index is 0.656. The molecular formula is C15H15N3O. The lowest BCUT2D eigenvalue weighted by Gasteiger charge is -2.06. The van der Waals surface area contributed by atoms with E-state index in [0.717, 1.165) is 28.2 Å². The van der Waals surface area contributed by atoms with Crippen molar-refractivity contribution in [2.75, 3.05) is 12.8 Å². The number of aromatic nitrogens is 2. The third-order valence-corrected chi connectivity index (χ3v) is 3.26. The summed E-state index contributed by atoms with van der Waals surface area (Å²) >= 11 is 0. The van der Waals surface area contributed by atoms with Crippen LogP contribution in [0.2, 0.25) is 0 Å². The molecule has 0 amide bonds. The highest BCUT2D eigenvalue weighted by Crippen LogP contribution is 2.30. The molecule has 2 aromatic heterocycles. The Morgan fingerprint density at radius 2 is 2.05 bits per heavy atom. The average Bonchev–Trinajstić information content (AvgIpc) is 2.76. The van der Waals surface area contributed by atoms with Crippen LogP contribution in [-0.4, -0.2) is 16.5 Å². The van der Waals surface area contributed by atoms with E-state index in [1.165, 1.54) is 0 Å².